The van der Waals surface area contributed by atoms with Crippen molar-refractivity contribution >= 4 is 45.7 Å². The van der Waals surface area contributed by atoms with Gasteiger partial charge in [-0.3, -0.25) is 9.71 Å². The molecule has 33 heavy (non-hydrogen) atoms. The third-order valence-corrected chi connectivity index (χ3v) is 6.19. The summed E-state index contributed by atoms with van der Waals surface area (Å²) in [5.41, 5.74) is 3.62. The van der Waals surface area contributed by atoms with Gasteiger partial charge in [0.05, 0.1) is 18.5 Å². The first kappa shape index (κ1) is 24.6. The molecule has 0 amide bonds. The van der Waals surface area contributed by atoms with Crippen LogP contribution in [0, 0.1) is 5.82 Å². The third kappa shape index (κ3) is 6.24. The van der Waals surface area contributed by atoms with E-state index in [1.165, 1.54) is 30.4 Å². The molecule has 0 aliphatic carbocycles. The fraction of sp³-hybridized carbons (Fsp3) is 0.300. The maximum Gasteiger partial charge on any atom is 0.233 e. The van der Waals surface area contributed by atoms with E-state index in [2.05, 4.69) is 40.6 Å². The minimum atomic E-state index is -3.53. The van der Waals surface area contributed by atoms with Crippen LogP contribution >= 0.6 is 12.4 Å². The Balaban J connectivity index is 0.00000306. The van der Waals surface area contributed by atoms with Gasteiger partial charge in [-0.1, -0.05) is 6.07 Å². The highest BCUT2D eigenvalue weighted by Crippen LogP contribution is 2.22. The van der Waals surface area contributed by atoms with Gasteiger partial charge in [0.2, 0.25) is 16.0 Å². The van der Waals surface area contributed by atoms with E-state index >= 15 is 0 Å². The number of sulfonamides is 1. The van der Waals surface area contributed by atoms with E-state index in [4.69, 9.17) is 0 Å². The second-order valence-corrected chi connectivity index (χ2v) is 9.15. The molecule has 0 bridgehead atoms. The Morgan fingerprint density at radius 3 is 2.76 bits per heavy atom. The standard InChI is InChI=1S/C20H23FN8O2S.ClH/c1-2-32(30,31)29-19-17(23-7-8-24-19)12-25-18-16(21)11-26-20(28-18)27-15-4-3-14-10-22-6-5-13(14)9-15;/h3-4,7-9,11,22H,2,5-6,10,12H2,1H3,(H,24,29)(H2,25,26,27,28);1H. The molecule has 2 aromatic heterocycles. The maximum atomic E-state index is 14.3. The lowest BCUT2D eigenvalue weighted by Gasteiger charge is -2.18. The predicted octanol–water partition coefficient (Wildman–Crippen LogP) is 2.59. The van der Waals surface area contributed by atoms with Crippen molar-refractivity contribution in [3.05, 3.63) is 59.4 Å². The third-order valence-electron chi connectivity index (χ3n) is 4.92. The number of benzene rings is 1. The second kappa shape index (κ2) is 10.7. The van der Waals surface area contributed by atoms with Crippen molar-refractivity contribution in [1.82, 2.24) is 25.3 Å². The summed E-state index contributed by atoms with van der Waals surface area (Å²) >= 11 is 0. The van der Waals surface area contributed by atoms with Crippen molar-refractivity contribution in [3.8, 4) is 0 Å². The average molecular weight is 495 g/mol. The predicted molar refractivity (Wildman–Crippen MR) is 127 cm³/mol. The van der Waals surface area contributed by atoms with Crippen LogP contribution in [-0.4, -0.2) is 40.7 Å². The van der Waals surface area contributed by atoms with E-state index in [1.807, 2.05) is 18.2 Å². The summed E-state index contributed by atoms with van der Waals surface area (Å²) in [7, 11) is -3.53. The van der Waals surface area contributed by atoms with Gasteiger partial charge in [0.25, 0.3) is 0 Å². The molecule has 3 heterocycles. The summed E-state index contributed by atoms with van der Waals surface area (Å²) in [4.78, 5) is 16.4. The van der Waals surface area contributed by atoms with Gasteiger partial charge in [-0.05, 0) is 43.1 Å². The molecule has 0 fully saturated rings. The van der Waals surface area contributed by atoms with Gasteiger partial charge < -0.3 is 16.0 Å². The largest absolute Gasteiger partial charge is 0.362 e. The Labute approximate surface area is 197 Å². The van der Waals surface area contributed by atoms with Crippen LogP contribution < -0.4 is 20.7 Å². The van der Waals surface area contributed by atoms with Crippen LogP contribution in [0.5, 0.6) is 0 Å². The fourth-order valence-corrected chi connectivity index (χ4v) is 3.81. The Morgan fingerprint density at radius 1 is 1.12 bits per heavy atom. The molecule has 0 atom stereocenters. The summed E-state index contributed by atoms with van der Waals surface area (Å²) in [6, 6.07) is 6.01. The Kier molecular flexibility index (Phi) is 7.95. The molecule has 3 aromatic rings. The lowest BCUT2D eigenvalue weighted by molar-refractivity contribution is 0.602. The molecule has 4 rings (SSSR count). The molecule has 0 radical (unpaired) electrons. The zero-order chi connectivity index (χ0) is 22.6. The molecule has 0 saturated carbocycles. The highest BCUT2D eigenvalue weighted by Gasteiger charge is 2.15. The second-order valence-electron chi connectivity index (χ2n) is 7.14. The molecule has 0 unspecified atom stereocenters. The van der Waals surface area contributed by atoms with Gasteiger partial charge in [-0.15, -0.1) is 12.4 Å². The fourth-order valence-electron chi connectivity index (χ4n) is 3.20. The van der Waals surface area contributed by atoms with Crippen LogP contribution in [0.4, 0.5) is 27.7 Å². The number of nitrogens with one attached hydrogen (secondary N) is 4. The number of aromatic nitrogens is 4. The van der Waals surface area contributed by atoms with Gasteiger partial charge in [-0.2, -0.15) is 4.98 Å². The summed E-state index contributed by atoms with van der Waals surface area (Å²) in [6.07, 6.45) is 4.80. The number of halogens is 2. The zero-order valence-electron chi connectivity index (χ0n) is 17.8. The van der Waals surface area contributed by atoms with E-state index in [1.54, 1.807) is 0 Å². The number of hydrogen-bond acceptors (Lipinski definition) is 9. The average Bonchev–Trinajstić information content (AvgIpc) is 2.80. The zero-order valence-corrected chi connectivity index (χ0v) is 19.4. The van der Waals surface area contributed by atoms with Crippen LogP contribution in [0.3, 0.4) is 0 Å². The van der Waals surface area contributed by atoms with E-state index in [0.717, 1.165) is 31.4 Å². The first-order valence-electron chi connectivity index (χ1n) is 10.1. The van der Waals surface area contributed by atoms with Crippen LogP contribution in [0.15, 0.2) is 36.8 Å². The van der Waals surface area contributed by atoms with Crippen LogP contribution in [0.2, 0.25) is 0 Å². The van der Waals surface area contributed by atoms with Gasteiger partial charge in [-0.25, -0.2) is 22.8 Å². The summed E-state index contributed by atoms with van der Waals surface area (Å²) in [6.45, 7) is 3.29. The monoisotopic (exact) mass is 494 g/mol. The number of anilines is 4. The Hall–Kier alpha value is -3.09. The van der Waals surface area contributed by atoms with Gasteiger partial charge in [0.15, 0.2) is 17.5 Å². The maximum absolute atomic E-state index is 14.3. The Bertz CT molecular complexity index is 1230. The molecular weight excluding hydrogens is 471 g/mol. The SMILES string of the molecule is CCS(=O)(=O)Nc1nccnc1CNc1nc(Nc2ccc3c(c2)CCNC3)ncc1F.Cl. The van der Waals surface area contributed by atoms with E-state index in [0.29, 0.717) is 5.69 Å². The molecule has 13 heteroatoms. The lowest BCUT2D eigenvalue weighted by Crippen LogP contribution is -2.23. The molecular formula is C20H24ClFN8O2S. The van der Waals surface area contributed by atoms with Gasteiger partial charge >= 0.3 is 0 Å². The highest BCUT2D eigenvalue weighted by molar-refractivity contribution is 7.92. The minimum Gasteiger partial charge on any atom is -0.362 e. The molecule has 176 valence electrons. The molecule has 4 N–H and O–H groups in total. The van der Waals surface area contributed by atoms with Crippen molar-refractivity contribution in [2.45, 2.75) is 26.4 Å². The lowest BCUT2D eigenvalue weighted by atomic mass is 10.0. The van der Waals surface area contributed by atoms with Crippen molar-refractivity contribution < 1.29 is 12.8 Å². The first-order valence-corrected chi connectivity index (χ1v) is 11.7. The number of rotatable bonds is 8. The van der Waals surface area contributed by atoms with E-state index in [9.17, 15) is 12.8 Å². The minimum absolute atomic E-state index is 0. The molecule has 0 saturated heterocycles. The van der Waals surface area contributed by atoms with E-state index < -0.39 is 15.8 Å². The molecule has 1 aromatic carbocycles. The van der Waals surface area contributed by atoms with Crippen molar-refractivity contribution in [2.75, 3.05) is 27.7 Å². The van der Waals surface area contributed by atoms with Crippen molar-refractivity contribution in [1.29, 1.82) is 0 Å². The molecule has 1 aliphatic rings. The van der Waals surface area contributed by atoms with Crippen molar-refractivity contribution in [3.63, 3.8) is 0 Å². The van der Waals surface area contributed by atoms with Crippen LogP contribution in [-0.2, 0) is 29.5 Å². The van der Waals surface area contributed by atoms with Crippen LogP contribution in [0.1, 0.15) is 23.7 Å². The normalized spacial score (nSPS) is 12.9. The summed E-state index contributed by atoms with van der Waals surface area (Å²) in [5, 5.41) is 9.27. The van der Waals surface area contributed by atoms with Crippen molar-refractivity contribution in [2.24, 2.45) is 0 Å². The molecule has 0 spiro atoms. The number of fused-ring (bicyclic) bond motifs is 1. The Morgan fingerprint density at radius 2 is 1.94 bits per heavy atom. The molecule has 1 aliphatic heterocycles. The smallest absolute Gasteiger partial charge is 0.233 e. The molecule has 10 nitrogen and oxygen atoms in total. The topological polar surface area (TPSA) is 134 Å². The summed E-state index contributed by atoms with van der Waals surface area (Å²) < 4.78 is 40.4. The first-order chi connectivity index (χ1) is 15.4. The van der Waals surface area contributed by atoms with Gasteiger partial charge in [0.1, 0.15) is 5.69 Å². The number of nitrogens with zero attached hydrogens (tertiary/aromatic N) is 4. The van der Waals surface area contributed by atoms with Gasteiger partial charge in [0, 0.05) is 24.6 Å². The summed E-state index contributed by atoms with van der Waals surface area (Å²) in [5.74, 6) is -0.483. The van der Waals surface area contributed by atoms with Crippen LogP contribution in [0.25, 0.3) is 0 Å². The highest BCUT2D eigenvalue weighted by atomic mass is 35.5. The van der Waals surface area contributed by atoms with E-state index in [-0.39, 0.29) is 42.3 Å². The quantitative estimate of drug-likeness (QED) is 0.372. The number of hydrogen-bond donors (Lipinski definition) is 4.